The molecule has 0 aromatic carbocycles. The number of hydrogen-bond donors (Lipinski definition) is 3. The molecule has 5 nitrogen and oxygen atoms in total. The highest BCUT2D eigenvalue weighted by atomic mass is 16.2. The molecule has 1 aromatic rings. The molecule has 0 spiro atoms. The van der Waals surface area contributed by atoms with E-state index >= 15 is 0 Å². The lowest BCUT2D eigenvalue weighted by molar-refractivity contribution is 0.0940. The Labute approximate surface area is 86.9 Å². The molecule has 2 heterocycles. The minimum absolute atomic E-state index is 0.178. The molecular weight excluding hydrogens is 194 g/mol. The quantitative estimate of drug-likeness (QED) is 0.610. The zero-order valence-electron chi connectivity index (χ0n) is 8.25. The van der Waals surface area contributed by atoms with Gasteiger partial charge >= 0.3 is 0 Å². The minimum Gasteiger partial charge on any atom is -0.348 e. The number of hydrogen-bond acceptors (Lipinski definition) is 3. The highest BCUT2D eigenvalue weighted by Crippen LogP contribution is 2.00. The molecule has 0 aliphatic carbocycles. The Bertz CT molecular complexity index is 407. The first-order chi connectivity index (χ1) is 7.25. The van der Waals surface area contributed by atoms with Crippen LogP contribution in [0.2, 0.25) is 0 Å². The number of amides is 1. The van der Waals surface area contributed by atoms with Crippen molar-refractivity contribution in [3.63, 3.8) is 0 Å². The van der Waals surface area contributed by atoms with E-state index in [1.165, 1.54) is 12.3 Å². The molecule has 15 heavy (non-hydrogen) atoms. The molecule has 3 N–H and O–H groups in total. The lowest BCUT2D eigenvalue weighted by atomic mass is 10.2. The van der Waals surface area contributed by atoms with Gasteiger partial charge in [-0.3, -0.25) is 9.59 Å². The summed E-state index contributed by atoms with van der Waals surface area (Å²) in [6.07, 6.45) is 2.42. The predicted octanol–water partition coefficient (Wildman–Crippen LogP) is -0.533. The van der Waals surface area contributed by atoms with Crippen molar-refractivity contribution in [1.82, 2.24) is 15.6 Å². The highest BCUT2D eigenvalue weighted by Gasteiger charge is 2.17. The summed E-state index contributed by atoms with van der Waals surface area (Å²) in [6.45, 7) is 1.73. The second kappa shape index (κ2) is 4.27. The van der Waals surface area contributed by atoms with Crippen LogP contribution in [0.5, 0.6) is 0 Å². The van der Waals surface area contributed by atoms with Crippen LogP contribution < -0.4 is 16.2 Å². The van der Waals surface area contributed by atoms with Crippen molar-refractivity contribution in [3.05, 3.63) is 34.2 Å². The summed E-state index contributed by atoms with van der Waals surface area (Å²) < 4.78 is 0. The summed E-state index contributed by atoms with van der Waals surface area (Å²) in [4.78, 5) is 25.1. The van der Waals surface area contributed by atoms with Crippen LogP contribution in [-0.2, 0) is 0 Å². The molecule has 1 aliphatic rings. The van der Waals surface area contributed by atoms with Gasteiger partial charge in [-0.25, -0.2) is 0 Å². The first kappa shape index (κ1) is 9.92. The van der Waals surface area contributed by atoms with E-state index in [1.54, 1.807) is 6.07 Å². The average Bonchev–Trinajstić information content (AvgIpc) is 2.70. The van der Waals surface area contributed by atoms with E-state index in [2.05, 4.69) is 15.6 Å². The normalized spacial score (nSPS) is 20.1. The third kappa shape index (κ3) is 2.44. The monoisotopic (exact) mass is 207 g/mol. The summed E-state index contributed by atoms with van der Waals surface area (Å²) in [6, 6.07) is 3.08. The molecule has 0 unspecified atom stereocenters. The molecule has 0 saturated carbocycles. The molecular formula is C10H13N3O2. The standard InChI is InChI=1S/C10H13N3O2/c14-9-5-7(1-4-12-9)10(15)13-8-2-3-11-6-8/h1,4-5,8,11H,2-3,6H2,(H,12,14)(H,13,15)/t8-/m1/s1. The Morgan fingerprint density at radius 2 is 2.40 bits per heavy atom. The minimum atomic E-state index is -0.257. The second-order valence-electron chi connectivity index (χ2n) is 3.60. The smallest absolute Gasteiger partial charge is 0.251 e. The van der Waals surface area contributed by atoms with Gasteiger partial charge in [0.15, 0.2) is 0 Å². The van der Waals surface area contributed by atoms with Gasteiger partial charge in [0.1, 0.15) is 0 Å². The molecule has 0 bridgehead atoms. The second-order valence-corrected chi connectivity index (χ2v) is 3.60. The molecule has 1 saturated heterocycles. The van der Waals surface area contributed by atoms with Crippen molar-refractivity contribution >= 4 is 5.91 Å². The van der Waals surface area contributed by atoms with Crippen LogP contribution in [0.4, 0.5) is 0 Å². The maximum absolute atomic E-state index is 11.7. The Morgan fingerprint density at radius 3 is 3.07 bits per heavy atom. The van der Waals surface area contributed by atoms with Crippen molar-refractivity contribution in [2.45, 2.75) is 12.5 Å². The van der Waals surface area contributed by atoms with E-state index in [9.17, 15) is 9.59 Å². The van der Waals surface area contributed by atoms with E-state index in [1.807, 2.05) is 0 Å². The summed E-state index contributed by atoms with van der Waals surface area (Å²) in [5.74, 6) is -0.185. The number of carbonyl (C=O) groups excluding carboxylic acids is 1. The lowest BCUT2D eigenvalue weighted by Crippen LogP contribution is -2.36. The molecule has 1 fully saturated rings. The molecule has 0 radical (unpaired) electrons. The predicted molar refractivity (Wildman–Crippen MR) is 55.8 cm³/mol. The molecule has 1 atom stereocenters. The SMILES string of the molecule is O=C(N[C@@H]1CCNC1)c1cc[nH]c(=O)c1. The summed E-state index contributed by atoms with van der Waals surface area (Å²) in [7, 11) is 0. The molecule has 1 amide bonds. The summed E-state index contributed by atoms with van der Waals surface area (Å²) in [5, 5.41) is 6.03. The van der Waals surface area contributed by atoms with Gasteiger partial charge in [0.2, 0.25) is 5.56 Å². The van der Waals surface area contributed by atoms with Gasteiger partial charge in [0, 0.05) is 30.4 Å². The van der Waals surface area contributed by atoms with Gasteiger partial charge in [0.25, 0.3) is 5.91 Å². The fraction of sp³-hybridized carbons (Fsp3) is 0.400. The topological polar surface area (TPSA) is 74.0 Å². The molecule has 2 rings (SSSR count). The van der Waals surface area contributed by atoms with E-state index in [4.69, 9.17) is 0 Å². The molecule has 1 aliphatic heterocycles. The number of aromatic amines is 1. The Kier molecular flexibility index (Phi) is 2.82. The number of H-pyrrole nitrogens is 1. The van der Waals surface area contributed by atoms with Crippen LogP contribution >= 0.6 is 0 Å². The Hall–Kier alpha value is -1.62. The maximum Gasteiger partial charge on any atom is 0.251 e. The highest BCUT2D eigenvalue weighted by molar-refractivity contribution is 5.94. The number of carbonyl (C=O) groups is 1. The number of rotatable bonds is 2. The number of pyridine rings is 1. The Morgan fingerprint density at radius 1 is 1.53 bits per heavy atom. The summed E-state index contributed by atoms with van der Waals surface area (Å²) in [5.41, 5.74) is 0.151. The third-order valence-electron chi connectivity index (χ3n) is 2.43. The van der Waals surface area contributed by atoms with Crippen LogP contribution in [-0.4, -0.2) is 30.0 Å². The van der Waals surface area contributed by atoms with Crippen molar-refractivity contribution in [3.8, 4) is 0 Å². The fourth-order valence-electron chi connectivity index (χ4n) is 1.63. The fourth-order valence-corrected chi connectivity index (χ4v) is 1.63. The largest absolute Gasteiger partial charge is 0.348 e. The van der Waals surface area contributed by atoms with E-state index < -0.39 is 0 Å². The zero-order valence-corrected chi connectivity index (χ0v) is 8.25. The lowest BCUT2D eigenvalue weighted by Gasteiger charge is -2.10. The van der Waals surface area contributed by atoms with Crippen molar-refractivity contribution in [1.29, 1.82) is 0 Å². The van der Waals surface area contributed by atoms with Crippen LogP contribution in [0.15, 0.2) is 23.1 Å². The first-order valence-corrected chi connectivity index (χ1v) is 4.96. The number of nitrogens with one attached hydrogen (secondary N) is 3. The van der Waals surface area contributed by atoms with E-state index in [-0.39, 0.29) is 17.5 Å². The first-order valence-electron chi connectivity index (χ1n) is 4.96. The number of aromatic nitrogens is 1. The molecule has 80 valence electrons. The van der Waals surface area contributed by atoms with Gasteiger partial charge in [-0.15, -0.1) is 0 Å². The van der Waals surface area contributed by atoms with Crippen LogP contribution in [0, 0.1) is 0 Å². The van der Waals surface area contributed by atoms with Gasteiger partial charge in [0.05, 0.1) is 0 Å². The molecule has 5 heteroatoms. The van der Waals surface area contributed by atoms with Gasteiger partial charge in [-0.2, -0.15) is 0 Å². The van der Waals surface area contributed by atoms with Gasteiger partial charge in [-0.05, 0) is 19.0 Å². The average molecular weight is 207 g/mol. The van der Waals surface area contributed by atoms with E-state index in [0.29, 0.717) is 5.56 Å². The van der Waals surface area contributed by atoms with Crippen molar-refractivity contribution in [2.75, 3.05) is 13.1 Å². The van der Waals surface area contributed by atoms with Gasteiger partial charge in [-0.1, -0.05) is 0 Å². The van der Waals surface area contributed by atoms with Crippen molar-refractivity contribution < 1.29 is 4.79 Å². The van der Waals surface area contributed by atoms with Crippen LogP contribution in [0.25, 0.3) is 0 Å². The zero-order chi connectivity index (χ0) is 10.7. The summed E-state index contributed by atoms with van der Waals surface area (Å²) >= 11 is 0. The third-order valence-corrected chi connectivity index (χ3v) is 2.43. The van der Waals surface area contributed by atoms with Gasteiger partial charge < -0.3 is 15.6 Å². The Balaban J connectivity index is 2.04. The maximum atomic E-state index is 11.7. The van der Waals surface area contributed by atoms with Crippen LogP contribution in [0.1, 0.15) is 16.8 Å². The molecule has 1 aromatic heterocycles. The van der Waals surface area contributed by atoms with Crippen LogP contribution in [0.3, 0.4) is 0 Å². The van der Waals surface area contributed by atoms with E-state index in [0.717, 1.165) is 19.5 Å². The van der Waals surface area contributed by atoms with Crippen molar-refractivity contribution in [2.24, 2.45) is 0 Å².